The van der Waals surface area contributed by atoms with Crippen molar-refractivity contribution in [1.29, 1.82) is 0 Å². The van der Waals surface area contributed by atoms with Gasteiger partial charge in [0, 0.05) is 5.56 Å². The summed E-state index contributed by atoms with van der Waals surface area (Å²) in [5, 5.41) is 1.70. The SMILES string of the molecule is O=C(NCC(F)(F)F)c1ccc(S(=O)(=O)NCc2ccco2)cc1. The number of carbonyl (C=O) groups excluding carboxylic acids is 1. The first-order valence-electron chi connectivity index (χ1n) is 6.64. The lowest BCUT2D eigenvalue weighted by Gasteiger charge is -2.09. The number of furan rings is 1. The van der Waals surface area contributed by atoms with E-state index in [1.165, 1.54) is 6.26 Å². The molecule has 0 fully saturated rings. The molecule has 0 aliphatic carbocycles. The molecular formula is C14H13F3N2O4S. The van der Waals surface area contributed by atoms with E-state index in [1.54, 1.807) is 17.4 Å². The second-order valence-electron chi connectivity index (χ2n) is 4.73. The van der Waals surface area contributed by atoms with Crippen LogP contribution in [0.5, 0.6) is 0 Å². The molecule has 1 aromatic carbocycles. The summed E-state index contributed by atoms with van der Waals surface area (Å²) >= 11 is 0. The average Bonchev–Trinajstić information content (AvgIpc) is 3.04. The molecule has 24 heavy (non-hydrogen) atoms. The lowest BCUT2D eigenvalue weighted by molar-refractivity contribution is -0.123. The number of alkyl halides is 3. The highest BCUT2D eigenvalue weighted by atomic mass is 32.2. The Bertz CT molecular complexity index is 784. The Labute approximate surface area is 135 Å². The van der Waals surface area contributed by atoms with Crippen LogP contribution in [0.1, 0.15) is 16.1 Å². The zero-order valence-electron chi connectivity index (χ0n) is 12.1. The van der Waals surface area contributed by atoms with Crippen LogP contribution in [0.4, 0.5) is 13.2 Å². The van der Waals surface area contributed by atoms with Crippen molar-refractivity contribution in [3.63, 3.8) is 0 Å². The van der Waals surface area contributed by atoms with Gasteiger partial charge in [-0.25, -0.2) is 13.1 Å². The Morgan fingerprint density at radius 3 is 2.33 bits per heavy atom. The predicted molar refractivity (Wildman–Crippen MR) is 77.6 cm³/mol. The number of hydrogen-bond donors (Lipinski definition) is 2. The zero-order valence-corrected chi connectivity index (χ0v) is 12.9. The zero-order chi connectivity index (χ0) is 17.8. The number of sulfonamides is 1. The van der Waals surface area contributed by atoms with Crippen LogP contribution in [-0.2, 0) is 16.6 Å². The van der Waals surface area contributed by atoms with Gasteiger partial charge in [0.05, 0.1) is 17.7 Å². The van der Waals surface area contributed by atoms with Crippen LogP contribution in [-0.4, -0.2) is 27.0 Å². The van der Waals surface area contributed by atoms with Crippen LogP contribution < -0.4 is 10.0 Å². The van der Waals surface area contributed by atoms with Crippen LogP contribution in [0.3, 0.4) is 0 Å². The third kappa shape index (κ3) is 5.10. The number of carbonyl (C=O) groups is 1. The van der Waals surface area contributed by atoms with Crippen LogP contribution in [0.15, 0.2) is 52.0 Å². The summed E-state index contributed by atoms with van der Waals surface area (Å²) in [6, 6.07) is 7.73. The molecule has 2 rings (SSSR count). The molecule has 0 saturated heterocycles. The maximum atomic E-state index is 12.1. The van der Waals surface area contributed by atoms with Crippen molar-refractivity contribution in [3.8, 4) is 0 Å². The van der Waals surface area contributed by atoms with Gasteiger partial charge < -0.3 is 9.73 Å². The minimum absolute atomic E-state index is 0.0524. The second-order valence-corrected chi connectivity index (χ2v) is 6.49. The highest BCUT2D eigenvalue weighted by Crippen LogP contribution is 2.14. The fourth-order valence-electron chi connectivity index (χ4n) is 1.73. The molecule has 6 nitrogen and oxygen atoms in total. The minimum Gasteiger partial charge on any atom is -0.468 e. The molecule has 0 aliphatic rings. The lowest BCUT2D eigenvalue weighted by atomic mass is 10.2. The molecule has 0 spiro atoms. The molecule has 0 bridgehead atoms. The summed E-state index contributed by atoms with van der Waals surface area (Å²) in [5.74, 6) is -0.526. The van der Waals surface area contributed by atoms with E-state index in [0.29, 0.717) is 5.76 Å². The van der Waals surface area contributed by atoms with Gasteiger partial charge in [-0.15, -0.1) is 0 Å². The summed E-state index contributed by atoms with van der Waals surface area (Å²) in [4.78, 5) is 11.4. The van der Waals surface area contributed by atoms with Crippen LogP contribution in [0.2, 0.25) is 0 Å². The molecule has 0 atom stereocenters. The molecule has 10 heteroatoms. The predicted octanol–water partition coefficient (Wildman–Crippen LogP) is 2.05. The van der Waals surface area contributed by atoms with Gasteiger partial charge in [0.2, 0.25) is 10.0 Å². The van der Waals surface area contributed by atoms with Gasteiger partial charge in [-0.05, 0) is 36.4 Å². The maximum absolute atomic E-state index is 12.1. The third-order valence-corrected chi connectivity index (χ3v) is 4.31. The van der Waals surface area contributed by atoms with Crippen molar-refractivity contribution in [2.75, 3.05) is 6.54 Å². The van der Waals surface area contributed by atoms with Crippen molar-refractivity contribution in [2.24, 2.45) is 0 Å². The van der Waals surface area contributed by atoms with Crippen LogP contribution >= 0.6 is 0 Å². The first-order valence-corrected chi connectivity index (χ1v) is 8.13. The largest absolute Gasteiger partial charge is 0.468 e. The van der Waals surface area contributed by atoms with E-state index in [-0.39, 0.29) is 17.0 Å². The summed E-state index contributed by atoms with van der Waals surface area (Å²) in [6.45, 7) is -1.51. The van der Waals surface area contributed by atoms with Gasteiger partial charge >= 0.3 is 6.18 Å². The van der Waals surface area contributed by atoms with Gasteiger partial charge in [0.25, 0.3) is 5.91 Å². The molecule has 1 amide bonds. The highest BCUT2D eigenvalue weighted by Gasteiger charge is 2.28. The van der Waals surface area contributed by atoms with Crippen molar-refractivity contribution < 1.29 is 30.8 Å². The number of benzene rings is 1. The number of rotatable bonds is 6. The first-order chi connectivity index (χ1) is 11.2. The topological polar surface area (TPSA) is 88.4 Å². The number of hydrogen-bond acceptors (Lipinski definition) is 4. The molecule has 0 radical (unpaired) electrons. The van der Waals surface area contributed by atoms with E-state index in [4.69, 9.17) is 4.42 Å². The number of nitrogens with one attached hydrogen (secondary N) is 2. The van der Waals surface area contributed by atoms with Crippen LogP contribution in [0.25, 0.3) is 0 Å². The Morgan fingerprint density at radius 2 is 1.79 bits per heavy atom. The Kier molecular flexibility index (Phi) is 5.30. The normalized spacial score (nSPS) is 12.1. The van der Waals surface area contributed by atoms with Crippen molar-refractivity contribution >= 4 is 15.9 Å². The molecule has 130 valence electrons. The standard InChI is InChI=1S/C14H13F3N2O4S/c15-14(16,17)9-18-13(20)10-3-5-12(6-4-10)24(21,22)19-8-11-2-1-7-23-11/h1-7,19H,8-9H2,(H,18,20). The van der Waals surface area contributed by atoms with Crippen molar-refractivity contribution in [2.45, 2.75) is 17.6 Å². The Hall–Kier alpha value is -2.33. The van der Waals surface area contributed by atoms with E-state index in [9.17, 15) is 26.4 Å². The third-order valence-electron chi connectivity index (χ3n) is 2.89. The van der Waals surface area contributed by atoms with Crippen molar-refractivity contribution in [1.82, 2.24) is 10.0 Å². The fourth-order valence-corrected chi connectivity index (χ4v) is 2.72. The monoisotopic (exact) mass is 362 g/mol. The Morgan fingerprint density at radius 1 is 1.12 bits per heavy atom. The second kappa shape index (κ2) is 7.05. The fraction of sp³-hybridized carbons (Fsp3) is 0.214. The number of halogens is 3. The van der Waals surface area contributed by atoms with E-state index >= 15 is 0 Å². The smallest absolute Gasteiger partial charge is 0.405 e. The van der Waals surface area contributed by atoms with E-state index in [2.05, 4.69) is 4.72 Å². The summed E-state index contributed by atoms with van der Waals surface area (Å²) in [7, 11) is -3.84. The molecule has 1 heterocycles. The molecule has 2 aromatic rings. The summed E-state index contributed by atoms with van der Waals surface area (Å²) in [6.07, 6.45) is -3.12. The molecule has 0 aliphatic heterocycles. The van der Waals surface area contributed by atoms with Crippen LogP contribution in [0, 0.1) is 0 Å². The average molecular weight is 362 g/mol. The van der Waals surface area contributed by atoms with Gasteiger partial charge in [-0.2, -0.15) is 13.2 Å². The summed E-state index contributed by atoms with van der Waals surface area (Å²) in [5.41, 5.74) is -0.0794. The van der Waals surface area contributed by atoms with E-state index < -0.39 is 28.7 Å². The van der Waals surface area contributed by atoms with Crippen molar-refractivity contribution in [3.05, 3.63) is 54.0 Å². The first kappa shape index (κ1) is 18.0. The number of amides is 1. The lowest BCUT2D eigenvalue weighted by Crippen LogP contribution is -2.33. The van der Waals surface area contributed by atoms with Gasteiger partial charge in [0.1, 0.15) is 12.3 Å². The van der Waals surface area contributed by atoms with E-state index in [1.807, 2.05) is 0 Å². The maximum Gasteiger partial charge on any atom is 0.405 e. The Balaban J connectivity index is 2.01. The molecule has 0 saturated carbocycles. The van der Waals surface area contributed by atoms with E-state index in [0.717, 1.165) is 24.3 Å². The minimum atomic E-state index is -4.52. The molecule has 2 N–H and O–H groups in total. The summed E-state index contributed by atoms with van der Waals surface area (Å²) < 4.78 is 67.6. The quantitative estimate of drug-likeness (QED) is 0.823. The molecular weight excluding hydrogens is 349 g/mol. The van der Waals surface area contributed by atoms with Gasteiger partial charge in [0.15, 0.2) is 0 Å². The highest BCUT2D eigenvalue weighted by molar-refractivity contribution is 7.89. The van der Waals surface area contributed by atoms with Gasteiger partial charge in [-0.3, -0.25) is 4.79 Å². The molecule has 0 unspecified atom stereocenters. The van der Waals surface area contributed by atoms with Gasteiger partial charge in [-0.1, -0.05) is 0 Å². The molecule has 1 aromatic heterocycles.